The van der Waals surface area contributed by atoms with Crippen LogP contribution >= 0.6 is 0 Å². The number of carboxylic acids is 1. The van der Waals surface area contributed by atoms with Crippen LogP contribution in [0.5, 0.6) is 0 Å². The zero-order valence-corrected chi connectivity index (χ0v) is 15.4. The lowest BCUT2D eigenvalue weighted by Crippen LogP contribution is -2.35. The number of hydrogen-bond acceptors (Lipinski definition) is 4. The van der Waals surface area contributed by atoms with E-state index in [2.05, 4.69) is 15.7 Å². The molecule has 0 radical (unpaired) electrons. The average molecular weight is 370 g/mol. The number of hydrogen-bond donors (Lipinski definition) is 3. The van der Waals surface area contributed by atoms with E-state index < -0.39 is 11.5 Å². The highest BCUT2D eigenvalue weighted by molar-refractivity contribution is 6.05. The number of aromatic nitrogens is 2. The predicted molar refractivity (Wildman–Crippen MR) is 99.5 cm³/mol. The van der Waals surface area contributed by atoms with Gasteiger partial charge >= 0.3 is 5.97 Å². The maximum atomic E-state index is 12.5. The fraction of sp³-hybridized carbons (Fsp3) is 0.368. The molecule has 0 saturated heterocycles. The Morgan fingerprint density at radius 3 is 2.56 bits per heavy atom. The van der Waals surface area contributed by atoms with Crippen LogP contribution in [0, 0.1) is 11.8 Å². The molecule has 1 aromatic carbocycles. The Labute approximate surface area is 156 Å². The van der Waals surface area contributed by atoms with Gasteiger partial charge in [-0.15, -0.1) is 0 Å². The summed E-state index contributed by atoms with van der Waals surface area (Å²) < 4.78 is 1.28. The van der Waals surface area contributed by atoms with Gasteiger partial charge in [0.25, 0.3) is 5.91 Å². The van der Waals surface area contributed by atoms with Gasteiger partial charge in [-0.3, -0.25) is 14.3 Å². The molecule has 1 fully saturated rings. The quantitative estimate of drug-likeness (QED) is 0.723. The fourth-order valence-corrected chi connectivity index (χ4v) is 2.65. The van der Waals surface area contributed by atoms with Crippen molar-refractivity contribution >= 4 is 29.2 Å². The molecule has 142 valence electrons. The minimum Gasteiger partial charge on any atom is -0.479 e. The number of nitrogens with zero attached hydrogens (tertiary/aromatic N) is 2. The SMILES string of the molecule is CC1CC1C(=O)Nc1cccc(C(=O)Nc2cnn(C(C)(C)C(=O)O)c2)c1. The Bertz CT molecular complexity index is 903. The fourth-order valence-electron chi connectivity index (χ4n) is 2.65. The predicted octanol–water partition coefficient (Wildman–Crippen LogP) is 2.55. The van der Waals surface area contributed by atoms with Gasteiger partial charge in [0.15, 0.2) is 5.54 Å². The van der Waals surface area contributed by atoms with E-state index in [0.717, 1.165) is 6.42 Å². The van der Waals surface area contributed by atoms with Crippen molar-refractivity contribution in [3.8, 4) is 0 Å². The maximum absolute atomic E-state index is 12.5. The van der Waals surface area contributed by atoms with Crippen LogP contribution in [0.1, 0.15) is 37.6 Å². The number of anilines is 2. The minimum atomic E-state index is -1.23. The van der Waals surface area contributed by atoms with Gasteiger partial charge in [-0.05, 0) is 44.4 Å². The maximum Gasteiger partial charge on any atom is 0.331 e. The van der Waals surface area contributed by atoms with E-state index in [1.54, 1.807) is 24.3 Å². The number of benzene rings is 1. The molecule has 1 aliphatic carbocycles. The van der Waals surface area contributed by atoms with Crippen LogP contribution in [0.3, 0.4) is 0 Å². The molecule has 8 nitrogen and oxygen atoms in total. The standard InChI is InChI=1S/C19H22N4O4/c1-11-7-15(11)17(25)21-13-6-4-5-12(8-13)16(24)22-14-9-20-23(10-14)19(2,3)18(26)27/h4-6,8-11,15H,7H2,1-3H3,(H,21,25)(H,22,24)(H,26,27). The van der Waals surface area contributed by atoms with E-state index >= 15 is 0 Å². The van der Waals surface area contributed by atoms with Crippen LogP contribution in [-0.4, -0.2) is 32.7 Å². The van der Waals surface area contributed by atoms with Crippen LogP contribution in [0.15, 0.2) is 36.7 Å². The molecule has 2 amide bonds. The molecule has 8 heteroatoms. The number of amides is 2. The summed E-state index contributed by atoms with van der Waals surface area (Å²) in [5.41, 5.74) is 0.0968. The number of carbonyl (C=O) groups excluding carboxylic acids is 2. The van der Waals surface area contributed by atoms with Crippen LogP contribution in [-0.2, 0) is 15.1 Å². The molecule has 0 spiro atoms. The van der Waals surface area contributed by atoms with Crippen LogP contribution in [0.25, 0.3) is 0 Å². The lowest BCUT2D eigenvalue weighted by molar-refractivity contribution is -0.146. The molecule has 2 atom stereocenters. The van der Waals surface area contributed by atoms with E-state index in [1.807, 2.05) is 6.92 Å². The molecular weight excluding hydrogens is 348 g/mol. The number of carbonyl (C=O) groups is 3. The Hall–Kier alpha value is -3.16. The molecule has 0 bridgehead atoms. The summed E-state index contributed by atoms with van der Waals surface area (Å²) in [6.45, 7) is 5.06. The van der Waals surface area contributed by atoms with Gasteiger partial charge in [0.1, 0.15) is 0 Å². The van der Waals surface area contributed by atoms with Gasteiger partial charge in [-0.25, -0.2) is 4.79 Å². The van der Waals surface area contributed by atoms with Gasteiger partial charge < -0.3 is 15.7 Å². The van der Waals surface area contributed by atoms with Crippen molar-refractivity contribution in [1.29, 1.82) is 0 Å². The number of carboxylic acid groups (broad SMARTS) is 1. The number of rotatable bonds is 6. The largest absolute Gasteiger partial charge is 0.479 e. The second-order valence-electron chi connectivity index (χ2n) is 7.38. The normalized spacial score (nSPS) is 18.6. The topological polar surface area (TPSA) is 113 Å². The third-order valence-electron chi connectivity index (χ3n) is 4.78. The molecule has 1 aliphatic rings. The van der Waals surface area contributed by atoms with Crippen LogP contribution < -0.4 is 10.6 Å². The van der Waals surface area contributed by atoms with Crippen molar-refractivity contribution in [3.05, 3.63) is 42.2 Å². The number of aliphatic carboxylic acids is 1. The second-order valence-corrected chi connectivity index (χ2v) is 7.38. The summed E-state index contributed by atoms with van der Waals surface area (Å²) in [4.78, 5) is 35.8. The summed E-state index contributed by atoms with van der Waals surface area (Å²) >= 11 is 0. The van der Waals surface area contributed by atoms with E-state index in [0.29, 0.717) is 22.9 Å². The molecule has 0 aliphatic heterocycles. The first-order valence-corrected chi connectivity index (χ1v) is 8.69. The van der Waals surface area contributed by atoms with Crippen molar-refractivity contribution in [1.82, 2.24) is 9.78 Å². The van der Waals surface area contributed by atoms with E-state index in [1.165, 1.54) is 30.9 Å². The Morgan fingerprint density at radius 2 is 1.93 bits per heavy atom. The zero-order valence-electron chi connectivity index (χ0n) is 15.4. The van der Waals surface area contributed by atoms with Gasteiger partial charge in [0, 0.05) is 23.4 Å². The van der Waals surface area contributed by atoms with Crippen LogP contribution in [0.2, 0.25) is 0 Å². The molecule has 27 heavy (non-hydrogen) atoms. The molecule has 1 saturated carbocycles. The molecule has 3 N–H and O–H groups in total. The molecule has 1 aromatic heterocycles. The average Bonchev–Trinajstić information content (AvgIpc) is 3.15. The summed E-state index contributed by atoms with van der Waals surface area (Å²) in [6, 6.07) is 6.66. The van der Waals surface area contributed by atoms with Gasteiger partial charge in [0.05, 0.1) is 11.9 Å². The van der Waals surface area contributed by atoms with Crippen LogP contribution in [0.4, 0.5) is 11.4 Å². The summed E-state index contributed by atoms with van der Waals surface area (Å²) in [5, 5.41) is 18.8. The molecule has 1 heterocycles. The summed E-state index contributed by atoms with van der Waals surface area (Å²) in [7, 11) is 0. The Morgan fingerprint density at radius 1 is 1.22 bits per heavy atom. The van der Waals surface area contributed by atoms with Crippen molar-refractivity contribution in [3.63, 3.8) is 0 Å². The van der Waals surface area contributed by atoms with Crippen molar-refractivity contribution in [2.45, 2.75) is 32.7 Å². The molecule has 3 rings (SSSR count). The molecular formula is C19H22N4O4. The van der Waals surface area contributed by atoms with Crippen molar-refractivity contribution < 1.29 is 19.5 Å². The highest BCUT2D eigenvalue weighted by Gasteiger charge is 2.39. The Kier molecular flexibility index (Phi) is 4.73. The third kappa shape index (κ3) is 3.99. The summed E-state index contributed by atoms with van der Waals surface area (Å²) in [5.74, 6) is -0.985. The highest BCUT2D eigenvalue weighted by Crippen LogP contribution is 2.38. The third-order valence-corrected chi connectivity index (χ3v) is 4.78. The van der Waals surface area contributed by atoms with Crippen molar-refractivity contribution in [2.24, 2.45) is 11.8 Å². The molecule has 2 unspecified atom stereocenters. The first-order valence-electron chi connectivity index (χ1n) is 8.69. The number of nitrogens with one attached hydrogen (secondary N) is 2. The first kappa shape index (κ1) is 18.6. The Balaban J connectivity index is 1.68. The first-order chi connectivity index (χ1) is 12.7. The lowest BCUT2D eigenvalue weighted by Gasteiger charge is -2.19. The summed E-state index contributed by atoms with van der Waals surface area (Å²) in [6.07, 6.45) is 3.75. The van der Waals surface area contributed by atoms with Gasteiger partial charge in [-0.1, -0.05) is 13.0 Å². The smallest absolute Gasteiger partial charge is 0.331 e. The van der Waals surface area contributed by atoms with Crippen molar-refractivity contribution in [2.75, 3.05) is 10.6 Å². The monoisotopic (exact) mass is 370 g/mol. The van der Waals surface area contributed by atoms with Gasteiger partial charge in [-0.2, -0.15) is 5.10 Å². The lowest BCUT2D eigenvalue weighted by atomic mass is 10.1. The highest BCUT2D eigenvalue weighted by atomic mass is 16.4. The molecule has 2 aromatic rings. The van der Waals surface area contributed by atoms with E-state index in [-0.39, 0.29) is 17.7 Å². The van der Waals surface area contributed by atoms with Gasteiger partial charge in [0.2, 0.25) is 5.91 Å². The second kappa shape index (κ2) is 6.86. The minimum absolute atomic E-state index is 0.0303. The van der Waals surface area contributed by atoms with E-state index in [4.69, 9.17) is 0 Å². The van der Waals surface area contributed by atoms with E-state index in [9.17, 15) is 19.5 Å². The zero-order chi connectivity index (χ0) is 19.8.